The number of aromatic nitrogens is 2. The number of H-pyrrole nitrogens is 1. The molecule has 1 N–H and O–H groups in total. The van der Waals surface area contributed by atoms with E-state index in [1.807, 2.05) is 0 Å². The molecule has 2 aromatic rings. The smallest absolute Gasteiger partial charge is 0.294 e. The summed E-state index contributed by atoms with van der Waals surface area (Å²) in [6, 6.07) is 8.44. The van der Waals surface area contributed by atoms with E-state index in [4.69, 9.17) is 0 Å². The number of para-hydroxylation sites is 1. The predicted molar refractivity (Wildman–Crippen MR) is 63.0 cm³/mol. The summed E-state index contributed by atoms with van der Waals surface area (Å²) in [5, 5.41) is 2.64. The van der Waals surface area contributed by atoms with E-state index < -0.39 is 22.8 Å². The Bertz CT molecular complexity index is 601. The van der Waals surface area contributed by atoms with Gasteiger partial charge in [0, 0.05) is 5.69 Å². The summed E-state index contributed by atoms with van der Waals surface area (Å²) in [5.41, 5.74) is -4.47. The van der Waals surface area contributed by atoms with Crippen molar-refractivity contribution in [3.63, 3.8) is 0 Å². The van der Waals surface area contributed by atoms with Crippen LogP contribution >= 0.6 is 11.8 Å². The molecule has 0 aliphatic heterocycles. The highest BCUT2D eigenvalue weighted by molar-refractivity contribution is 8.00. The molecule has 0 atom stereocenters. The molecule has 0 bridgehead atoms. The first-order chi connectivity index (χ1) is 8.38. The topological polar surface area (TPSA) is 37.8 Å². The number of rotatable bonds is 2. The van der Waals surface area contributed by atoms with Gasteiger partial charge in [-0.2, -0.15) is 13.2 Å². The van der Waals surface area contributed by atoms with Crippen molar-refractivity contribution >= 4 is 11.8 Å². The summed E-state index contributed by atoms with van der Waals surface area (Å²) in [7, 11) is 0. The molecule has 0 fully saturated rings. The summed E-state index contributed by atoms with van der Waals surface area (Å²) in [5.74, 6) is 0. The zero-order valence-corrected chi connectivity index (χ0v) is 10.1. The standard InChI is InChI=1S/C11H9F3N2OS/c1-7-9(18-11(12,13)14)10(17)16(15-7)8-5-3-2-4-6-8/h2-6,15H,1H3. The fourth-order valence-electron chi connectivity index (χ4n) is 1.53. The van der Waals surface area contributed by atoms with Crippen molar-refractivity contribution in [3.8, 4) is 5.69 Å². The maximum Gasteiger partial charge on any atom is 0.446 e. The van der Waals surface area contributed by atoms with Crippen LogP contribution in [-0.2, 0) is 0 Å². The molecule has 0 aliphatic rings. The van der Waals surface area contributed by atoms with E-state index in [0.29, 0.717) is 5.69 Å². The Morgan fingerprint density at radius 2 is 1.83 bits per heavy atom. The van der Waals surface area contributed by atoms with Crippen molar-refractivity contribution in [2.24, 2.45) is 0 Å². The molecule has 2 rings (SSSR count). The molecule has 0 saturated heterocycles. The Morgan fingerprint density at radius 3 is 2.39 bits per heavy atom. The van der Waals surface area contributed by atoms with Gasteiger partial charge in [-0.15, -0.1) is 0 Å². The maximum atomic E-state index is 12.3. The molecule has 0 aliphatic carbocycles. The number of aromatic amines is 1. The summed E-state index contributed by atoms with van der Waals surface area (Å²) in [6.07, 6.45) is 0. The van der Waals surface area contributed by atoms with Crippen molar-refractivity contribution in [3.05, 3.63) is 46.4 Å². The highest BCUT2D eigenvalue weighted by Gasteiger charge is 2.32. The third-order valence-corrected chi connectivity index (χ3v) is 3.17. The van der Waals surface area contributed by atoms with Crippen LogP contribution in [0.5, 0.6) is 0 Å². The first kappa shape index (κ1) is 12.8. The second kappa shape index (κ2) is 4.56. The van der Waals surface area contributed by atoms with E-state index >= 15 is 0 Å². The molecule has 1 heterocycles. The number of halogens is 3. The monoisotopic (exact) mass is 274 g/mol. The molecule has 1 aromatic carbocycles. The van der Waals surface area contributed by atoms with Gasteiger partial charge in [0.05, 0.1) is 5.69 Å². The minimum absolute atomic E-state index is 0.200. The van der Waals surface area contributed by atoms with Gasteiger partial charge >= 0.3 is 5.51 Å². The van der Waals surface area contributed by atoms with Gasteiger partial charge in [0.15, 0.2) is 0 Å². The zero-order chi connectivity index (χ0) is 13.3. The molecule has 0 saturated carbocycles. The lowest BCUT2D eigenvalue weighted by Crippen LogP contribution is -2.16. The minimum Gasteiger partial charge on any atom is -0.294 e. The van der Waals surface area contributed by atoms with E-state index in [0.717, 1.165) is 4.68 Å². The van der Waals surface area contributed by atoms with Gasteiger partial charge < -0.3 is 0 Å². The zero-order valence-electron chi connectivity index (χ0n) is 9.28. The van der Waals surface area contributed by atoms with Crippen LogP contribution in [0.15, 0.2) is 40.0 Å². The summed E-state index contributed by atoms with van der Waals surface area (Å²) >= 11 is -0.395. The molecule has 3 nitrogen and oxygen atoms in total. The van der Waals surface area contributed by atoms with E-state index in [2.05, 4.69) is 5.10 Å². The molecule has 0 spiro atoms. The van der Waals surface area contributed by atoms with Gasteiger partial charge in [0.25, 0.3) is 5.56 Å². The Morgan fingerprint density at radius 1 is 1.22 bits per heavy atom. The van der Waals surface area contributed by atoms with Gasteiger partial charge in [-0.3, -0.25) is 9.89 Å². The number of nitrogens with zero attached hydrogens (tertiary/aromatic N) is 1. The minimum atomic E-state index is -4.47. The number of alkyl halides is 3. The second-order valence-electron chi connectivity index (χ2n) is 3.59. The number of aryl methyl sites for hydroxylation is 1. The number of benzene rings is 1. The fraction of sp³-hybridized carbons (Fsp3) is 0.182. The van der Waals surface area contributed by atoms with Crippen molar-refractivity contribution in [1.82, 2.24) is 9.78 Å². The number of hydrogen-bond acceptors (Lipinski definition) is 2. The first-order valence-electron chi connectivity index (χ1n) is 5.01. The highest BCUT2D eigenvalue weighted by Crippen LogP contribution is 2.36. The predicted octanol–water partition coefficient (Wildman–Crippen LogP) is 3.09. The molecule has 0 unspecified atom stereocenters. The number of nitrogens with one attached hydrogen (secondary N) is 1. The summed E-state index contributed by atoms with van der Waals surface area (Å²) in [6.45, 7) is 1.44. The lowest BCUT2D eigenvalue weighted by molar-refractivity contribution is -0.0328. The lowest BCUT2D eigenvalue weighted by Gasteiger charge is -2.02. The lowest BCUT2D eigenvalue weighted by atomic mass is 10.3. The van der Waals surface area contributed by atoms with Gasteiger partial charge in [-0.1, -0.05) is 18.2 Å². The van der Waals surface area contributed by atoms with Crippen molar-refractivity contribution in [2.75, 3.05) is 0 Å². The third kappa shape index (κ3) is 2.61. The summed E-state index contributed by atoms with van der Waals surface area (Å²) in [4.78, 5) is 11.6. The van der Waals surface area contributed by atoms with E-state index in [-0.39, 0.29) is 10.6 Å². The summed E-state index contributed by atoms with van der Waals surface area (Å²) < 4.78 is 38.0. The number of thioether (sulfide) groups is 1. The third-order valence-electron chi connectivity index (χ3n) is 2.25. The van der Waals surface area contributed by atoms with E-state index in [1.54, 1.807) is 30.3 Å². The molecule has 1 aromatic heterocycles. The maximum absolute atomic E-state index is 12.3. The van der Waals surface area contributed by atoms with Gasteiger partial charge in [0.1, 0.15) is 4.90 Å². The van der Waals surface area contributed by atoms with Crippen LogP contribution in [0, 0.1) is 6.92 Å². The van der Waals surface area contributed by atoms with Crippen LogP contribution in [0.25, 0.3) is 5.69 Å². The molecule has 7 heteroatoms. The van der Waals surface area contributed by atoms with Crippen LogP contribution < -0.4 is 5.56 Å². The molecule has 18 heavy (non-hydrogen) atoms. The Kier molecular flexibility index (Phi) is 3.25. The highest BCUT2D eigenvalue weighted by atomic mass is 32.2. The van der Waals surface area contributed by atoms with Crippen molar-refractivity contribution < 1.29 is 13.2 Å². The quantitative estimate of drug-likeness (QED) is 0.854. The van der Waals surface area contributed by atoms with E-state index in [1.165, 1.54) is 6.92 Å². The molecular formula is C11H9F3N2OS. The van der Waals surface area contributed by atoms with Gasteiger partial charge in [-0.25, -0.2) is 4.68 Å². The van der Waals surface area contributed by atoms with Gasteiger partial charge in [0.2, 0.25) is 0 Å². The van der Waals surface area contributed by atoms with Crippen LogP contribution in [-0.4, -0.2) is 15.3 Å². The van der Waals surface area contributed by atoms with Crippen LogP contribution in [0.1, 0.15) is 5.69 Å². The molecule has 96 valence electrons. The Labute approximate surface area is 105 Å². The van der Waals surface area contributed by atoms with Crippen LogP contribution in [0.4, 0.5) is 13.2 Å². The molecule has 0 radical (unpaired) electrons. The Hall–Kier alpha value is -1.63. The normalized spacial score (nSPS) is 11.8. The van der Waals surface area contributed by atoms with Crippen LogP contribution in [0.2, 0.25) is 0 Å². The van der Waals surface area contributed by atoms with E-state index in [9.17, 15) is 18.0 Å². The average molecular weight is 274 g/mol. The fourth-order valence-corrected chi connectivity index (χ4v) is 2.13. The van der Waals surface area contributed by atoms with Gasteiger partial charge in [-0.05, 0) is 30.8 Å². The Balaban J connectivity index is 2.48. The van der Waals surface area contributed by atoms with Crippen LogP contribution in [0.3, 0.4) is 0 Å². The SMILES string of the molecule is Cc1[nH]n(-c2ccccc2)c(=O)c1SC(F)(F)F. The van der Waals surface area contributed by atoms with Crippen molar-refractivity contribution in [1.29, 1.82) is 0 Å². The second-order valence-corrected chi connectivity index (χ2v) is 4.67. The largest absolute Gasteiger partial charge is 0.446 e. The molecular weight excluding hydrogens is 265 g/mol. The number of hydrogen-bond donors (Lipinski definition) is 1. The molecule has 0 amide bonds. The average Bonchev–Trinajstić information content (AvgIpc) is 2.56. The first-order valence-corrected chi connectivity index (χ1v) is 5.83. The van der Waals surface area contributed by atoms with Crippen molar-refractivity contribution in [2.45, 2.75) is 17.3 Å².